The maximum atomic E-state index is 12.2. The number of carbonyl (C=O) groups excluding carboxylic acids is 1. The Morgan fingerprint density at radius 2 is 1.67 bits per heavy atom. The van der Waals surface area contributed by atoms with Crippen molar-refractivity contribution in [3.05, 3.63) is 0 Å². The van der Waals surface area contributed by atoms with Crippen molar-refractivity contribution >= 4 is 27.1 Å². The molecule has 0 saturated heterocycles. The Kier molecular flexibility index (Phi) is 5.70. The third-order valence-corrected chi connectivity index (χ3v) is 5.40. The van der Waals surface area contributed by atoms with Crippen molar-refractivity contribution in [3.8, 4) is 0 Å². The van der Waals surface area contributed by atoms with Gasteiger partial charge in [0.1, 0.15) is 5.75 Å². The van der Waals surface area contributed by atoms with E-state index in [0.29, 0.717) is 0 Å². The van der Waals surface area contributed by atoms with Gasteiger partial charge in [-0.15, -0.1) is 0 Å². The molecule has 0 aliphatic carbocycles. The summed E-state index contributed by atoms with van der Waals surface area (Å²) in [6.45, 7) is 6.33. The van der Waals surface area contributed by atoms with Gasteiger partial charge in [-0.05, 0) is 10.6 Å². The van der Waals surface area contributed by atoms with Crippen LogP contribution in [0, 0.1) is 5.41 Å². The Balaban J connectivity index is 4.97. The van der Waals surface area contributed by atoms with Crippen molar-refractivity contribution in [3.63, 3.8) is 0 Å². The Bertz CT molecular complexity index is 395. The van der Waals surface area contributed by atoms with Gasteiger partial charge < -0.3 is 0 Å². The lowest BCUT2D eigenvalue weighted by molar-refractivity contribution is -0.114. The number of hydrogen-bond donors (Lipinski definition) is 0. The number of hydrogen-bond acceptors (Lipinski definition) is 4. The molecular weight excluding hydrogens is 293 g/mol. The second-order valence-electron chi connectivity index (χ2n) is 4.96. The monoisotopic (exact) mass is 309 g/mol. The fourth-order valence-electron chi connectivity index (χ4n) is 0.974. The SMILES string of the molecule is CC(=O)C[S+](CC(C)(C)C)OS(=O)(=O)C(F)(F)F. The Morgan fingerprint density at radius 1 is 1.22 bits per heavy atom. The molecule has 0 aromatic rings. The summed E-state index contributed by atoms with van der Waals surface area (Å²) in [4.78, 5) is 10.9. The van der Waals surface area contributed by atoms with E-state index < -0.39 is 38.0 Å². The van der Waals surface area contributed by atoms with Gasteiger partial charge in [0, 0.05) is 5.41 Å². The summed E-state index contributed by atoms with van der Waals surface area (Å²) in [6, 6.07) is 0. The molecule has 1 unspecified atom stereocenters. The molecule has 0 spiro atoms. The third kappa shape index (κ3) is 6.60. The summed E-state index contributed by atoms with van der Waals surface area (Å²) in [5.41, 5.74) is -5.91. The van der Waals surface area contributed by atoms with E-state index in [1.165, 1.54) is 6.92 Å². The largest absolute Gasteiger partial charge is 0.527 e. The van der Waals surface area contributed by atoms with E-state index in [1.807, 2.05) is 0 Å². The van der Waals surface area contributed by atoms with Crippen LogP contribution in [0.1, 0.15) is 27.7 Å². The molecular formula is C9H16F3O4S2+. The first-order valence-corrected chi connectivity index (χ1v) is 7.82. The van der Waals surface area contributed by atoms with Crippen molar-refractivity contribution in [2.24, 2.45) is 5.41 Å². The molecule has 0 aromatic carbocycles. The molecule has 0 aliphatic rings. The number of carbonyl (C=O) groups is 1. The summed E-state index contributed by atoms with van der Waals surface area (Å²) < 4.78 is 62.4. The zero-order valence-corrected chi connectivity index (χ0v) is 12.1. The number of ketones is 1. The lowest BCUT2D eigenvalue weighted by Gasteiger charge is -2.16. The van der Waals surface area contributed by atoms with Gasteiger partial charge in [-0.2, -0.15) is 21.6 Å². The van der Waals surface area contributed by atoms with E-state index in [2.05, 4.69) is 3.63 Å². The average Bonchev–Trinajstić information content (AvgIpc) is 1.94. The molecule has 4 nitrogen and oxygen atoms in total. The van der Waals surface area contributed by atoms with Crippen LogP contribution in [0.5, 0.6) is 0 Å². The van der Waals surface area contributed by atoms with Gasteiger partial charge in [0.25, 0.3) is 0 Å². The first-order valence-electron chi connectivity index (χ1n) is 4.93. The highest BCUT2D eigenvalue weighted by molar-refractivity contribution is 8.03. The van der Waals surface area contributed by atoms with E-state index in [4.69, 9.17) is 0 Å². The molecule has 0 rings (SSSR count). The minimum Gasteiger partial charge on any atom is -0.295 e. The van der Waals surface area contributed by atoms with E-state index in [1.54, 1.807) is 20.8 Å². The Morgan fingerprint density at radius 3 is 1.94 bits per heavy atom. The van der Waals surface area contributed by atoms with Crippen LogP contribution in [0.2, 0.25) is 0 Å². The first-order chi connectivity index (χ1) is 7.74. The van der Waals surface area contributed by atoms with E-state index in [0.717, 1.165) is 0 Å². The zero-order chi connectivity index (χ0) is 14.8. The van der Waals surface area contributed by atoms with Gasteiger partial charge in [0.05, 0.1) is 0 Å². The van der Waals surface area contributed by atoms with E-state index in [9.17, 15) is 26.4 Å². The summed E-state index contributed by atoms with van der Waals surface area (Å²) in [5.74, 6) is -0.700. The predicted octanol–water partition coefficient (Wildman–Crippen LogP) is 2.02. The van der Waals surface area contributed by atoms with Crippen LogP contribution in [0.15, 0.2) is 0 Å². The second kappa shape index (κ2) is 5.79. The zero-order valence-electron chi connectivity index (χ0n) is 10.5. The van der Waals surface area contributed by atoms with Gasteiger partial charge in [-0.3, -0.25) is 4.79 Å². The van der Waals surface area contributed by atoms with Crippen LogP contribution in [0.3, 0.4) is 0 Å². The van der Waals surface area contributed by atoms with Crippen LogP contribution in [0.25, 0.3) is 0 Å². The maximum absolute atomic E-state index is 12.2. The molecule has 0 N–H and O–H groups in total. The maximum Gasteiger partial charge on any atom is 0.527 e. The van der Waals surface area contributed by atoms with Gasteiger partial charge in [-0.25, -0.2) is 0 Å². The third-order valence-electron chi connectivity index (χ3n) is 1.43. The normalized spacial score (nSPS) is 15.5. The summed E-state index contributed by atoms with van der Waals surface area (Å²) in [7, 11) is -5.65. The molecule has 0 radical (unpaired) electrons. The van der Waals surface area contributed by atoms with Crippen molar-refractivity contribution < 1.29 is 30.0 Å². The van der Waals surface area contributed by atoms with Crippen molar-refractivity contribution in [2.45, 2.75) is 33.2 Å². The van der Waals surface area contributed by atoms with Gasteiger partial charge in [0.15, 0.2) is 22.7 Å². The second-order valence-corrected chi connectivity index (χ2v) is 8.33. The molecule has 0 bridgehead atoms. The van der Waals surface area contributed by atoms with Gasteiger partial charge >= 0.3 is 15.6 Å². The Labute approximate surface area is 108 Å². The van der Waals surface area contributed by atoms with E-state index >= 15 is 0 Å². The molecule has 0 saturated carbocycles. The predicted molar refractivity (Wildman–Crippen MR) is 63.3 cm³/mol. The number of alkyl halides is 3. The van der Waals surface area contributed by atoms with Crippen LogP contribution in [-0.2, 0) is 29.7 Å². The number of Topliss-reactive ketones (excluding diaryl/α,β-unsaturated/α-hetero) is 1. The van der Waals surface area contributed by atoms with Crippen molar-refractivity contribution in [1.82, 2.24) is 0 Å². The molecule has 0 fully saturated rings. The fourth-order valence-corrected chi connectivity index (χ4v) is 4.20. The summed E-state index contributed by atoms with van der Waals surface area (Å²) in [5, 5.41) is 0. The molecule has 0 heterocycles. The van der Waals surface area contributed by atoms with Crippen LogP contribution in [0.4, 0.5) is 13.2 Å². The molecule has 1 atom stereocenters. The quantitative estimate of drug-likeness (QED) is 0.576. The van der Waals surface area contributed by atoms with Crippen molar-refractivity contribution in [1.29, 1.82) is 0 Å². The summed E-state index contributed by atoms with van der Waals surface area (Å²) in [6.07, 6.45) is 0. The van der Waals surface area contributed by atoms with Gasteiger partial charge in [-0.1, -0.05) is 20.8 Å². The van der Waals surface area contributed by atoms with Crippen molar-refractivity contribution in [2.75, 3.05) is 11.5 Å². The van der Waals surface area contributed by atoms with Crippen LogP contribution in [-0.4, -0.2) is 31.2 Å². The fraction of sp³-hybridized carbons (Fsp3) is 0.889. The number of rotatable bonds is 5. The summed E-state index contributed by atoms with van der Waals surface area (Å²) >= 11 is -1.60. The molecule has 0 aliphatic heterocycles. The highest BCUT2D eigenvalue weighted by atomic mass is 32.3. The minimum atomic E-state index is -5.65. The molecule has 0 aromatic heterocycles. The van der Waals surface area contributed by atoms with Crippen LogP contribution >= 0.6 is 0 Å². The molecule has 9 heteroatoms. The number of halogens is 3. The minimum absolute atomic E-state index is 0.0574. The standard InChI is InChI=1S/C9H16F3O4S2/c1-7(13)5-17(6-8(2,3)4)16-18(14,15)9(10,11)12/h5-6H2,1-4H3/q+1. The Hall–Kier alpha value is -0.280. The van der Waals surface area contributed by atoms with Gasteiger partial charge in [0.2, 0.25) is 0 Å². The lowest BCUT2D eigenvalue weighted by atomic mass is 10.0. The molecule has 0 amide bonds. The first kappa shape index (κ1) is 17.7. The highest BCUT2D eigenvalue weighted by Gasteiger charge is 2.53. The average molecular weight is 309 g/mol. The molecule has 108 valence electrons. The topological polar surface area (TPSA) is 60.4 Å². The highest BCUT2D eigenvalue weighted by Crippen LogP contribution is 2.29. The lowest BCUT2D eigenvalue weighted by Crippen LogP contribution is -2.34. The molecule has 18 heavy (non-hydrogen) atoms. The smallest absolute Gasteiger partial charge is 0.295 e. The van der Waals surface area contributed by atoms with E-state index in [-0.39, 0.29) is 11.5 Å². The van der Waals surface area contributed by atoms with Crippen LogP contribution < -0.4 is 0 Å².